The third kappa shape index (κ3) is 4.44. The Labute approximate surface area is 165 Å². The highest BCUT2D eigenvalue weighted by Crippen LogP contribution is 2.34. The van der Waals surface area contributed by atoms with Crippen LogP contribution in [0.2, 0.25) is 0 Å². The molecule has 3 rings (SSSR count). The van der Waals surface area contributed by atoms with E-state index >= 15 is 0 Å². The summed E-state index contributed by atoms with van der Waals surface area (Å²) in [6, 6.07) is 12.0. The van der Waals surface area contributed by atoms with Crippen LogP contribution in [-0.4, -0.2) is 24.6 Å². The number of amides is 2. The van der Waals surface area contributed by atoms with Gasteiger partial charge in [0.05, 0.1) is 6.04 Å². The molecule has 0 unspecified atom stereocenters. The highest BCUT2D eigenvalue weighted by molar-refractivity contribution is 5.97. The van der Waals surface area contributed by atoms with Gasteiger partial charge in [-0.05, 0) is 49.6 Å². The van der Waals surface area contributed by atoms with Gasteiger partial charge in [0.15, 0.2) is 11.5 Å². The summed E-state index contributed by atoms with van der Waals surface area (Å²) in [5.41, 5.74) is 2.45. The lowest BCUT2D eigenvalue weighted by atomic mass is 10.0. The monoisotopic (exact) mass is 382 g/mol. The first kappa shape index (κ1) is 19.7. The molecule has 0 aromatic heterocycles. The van der Waals surface area contributed by atoms with E-state index in [2.05, 4.69) is 10.6 Å². The fraction of sp³-hybridized carbons (Fsp3) is 0.364. The minimum Gasteiger partial charge on any atom is -0.454 e. The van der Waals surface area contributed by atoms with Gasteiger partial charge in [0.25, 0.3) is 5.91 Å². The van der Waals surface area contributed by atoms with Crippen molar-refractivity contribution in [3.8, 4) is 11.5 Å². The lowest BCUT2D eigenvalue weighted by Crippen LogP contribution is -2.50. The highest BCUT2D eigenvalue weighted by atomic mass is 16.7. The fourth-order valence-electron chi connectivity index (χ4n) is 3.11. The Balaban J connectivity index is 1.68. The number of hydrogen-bond acceptors (Lipinski definition) is 4. The number of ether oxygens (including phenoxy) is 2. The molecule has 2 aromatic rings. The Hall–Kier alpha value is -3.02. The minimum atomic E-state index is -0.635. The summed E-state index contributed by atoms with van der Waals surface area (Å²) >= 11 is 0. The van der Waals surface area contributed by atoms with E-state index in [-0.39, 0.29) is 30.6 Å². The van der Waals surface area contributed by atoms with Gasteiger partial charge < -0.3 is 20.1 Å². The summed E-state index contributed by atoms with van der Waals surface area (Å²) in [5, 5.41) is 5.85. The summed E-state index contributed by atoms with van der Waals surface area (Å²) in [6.07, 6.45) is 0. The van der Waals surface area contributed by atoms with E-state index in [4.69, 9.17) is 9.47 Å². The molecular weight excluding hydrogens is 356 g/mol. The molecule has 1 aliphatic heterocycles. The summed E-state index contributed by atoms with van der Waals surface area (Å²) in [4.78, 5) is 25.4. The number of carbonyl (C=O) groups excluding carboxylic acids is 2. The molecule has 1 heterocycles. The fourth-order valence-corrected chi connectivity index (χ4v) is 3.11. The van der Waals surface area contributed by atoms with Crippen LogP contribution in [0.1, 0.15) is 48.3 Å². The first-order chi connectivity index (χ1) is 13.3. The molecule has 148 valence electrons. The Kier molecular flexibility index (Phi) is 5.87. The molecule has 6 heteroatoms. The molecule has 0 saturated carbocycles. The molecule has 0 spiro atoms. The maximum absolute atomic E-state index is 12.9. The number of aryl methyl sites for hydroxylation is 1. The average Bonchev–Trinajstić information content (AvgIpc) is 3.13. The van der Waals surface area contributed by atoms with Crippen molar-refractivity contribution in [1.29, 1.82) is 0 Å². The molecule has 28 heavy (non-hydrogen) atoms. The van der Waals surface area contributed by atoms with Crippen LogP contribution >= 0.6 is 0 Å². The third-order valence-electron chi connectivity index (χ3n) is 4.77. The van der Waals surface area contributed by atoms with E-state index in [0.29, 0.717) is 17.1 Å². The smallest absolute Gasteiger partial charge is 0.251 e. The lowest BCUT2D eigenvalue weighted by molar-refractivity contribution is -0.124. The quantitative estimate of drug-likeness (QED) is 0.803. The normalized spacial score (nSPS) is 14.5. The highest BCUT2D eigenvalue weighted by Gasteiger charge is 2.26. The topological polar surface area (TPSA) is 76.7 Å². The molecule has 0 aliphatic carbocycles. The summed E-state index contributed by atoms with van der Waals surface area (Å²) in [5.74, 6) is 0.840. The number of hydrogen-bond donors (Lipinski definition) is 2. The molecule has 6 nitrogen and oxygen atoms in total. The van der Waals surface area contributed by atoms with Gasteiger partial charge >= 0.3 is 0 Å². The van der Waals surface area contributed by atoms with E-state index in [1.54, 1.807) is 12.1 Å². The van der Waals surface area contributed by atoms with Gasteiger partial charge in [0, 0.05) is 5.56 Å². The zero-order valence-electron chi connectivity index (χ0n) is 16.6. The third-order valence-corrected chi connectivity index (χ3v) is 4.77. The molecular formula is C22H26N2O4. The van der Waals surface area contributed by atoms with Crippen LogP contribution in [0, 0.1) is 12.8 Å². The van der Waals surface area contributed by atoms with Gasteiger partial charge in [-0.1, -0.05) is 37.6 Å². The van der Waals surface area contributed by atoms with Crippen LogP contribution < -0.4 is 20.1 Å². The van der Waals surface area contributed by atoms with Gasteiger partial charge in [0.2, 0.25) is 12.7 Å². The van der Waals surface area contributed by atoms with Crippen LogP contribution in [0.25, 0.3) is 0 Å². The van der Waals surface area contributed by atoms with Crippen molar-refractivity contribution in [2.45, 2.75) is 39.8 Å². The van der Waals surface area contributed by atoms with Crippen molar-refractivity contribution < 1.29 is 19.1 Å². The number of benzene rings is 2. The Morgan fingerprint density at radius 3 is 2.43 bits per heavy atom. The van der Waals surface area contributed by atoms with E-state index in [1.807, 2.05) is 58.0 Å². The van der Waals surface area contributed by atoms with Crippen LogP contribution in [0.15, 0.2) is 42.5 Å². The number of fused-ring (bicyclic) bond motifs is 1. The second-order valence-electron chi connectivity index (χ2n) is 7.41. The SMILES string of the molecule is Cc1cccc(C(=O)N[C@H](C(=O)N[C@H](C)c2ccc3c(c2)OCO3)C(C)C)c1. The standard InChI is InChI=1S/C22H26N2O4/c1-13(2)20(24-21(25)17-7-5-6-14(3)10-17)22(26)23-15(4)16-8-9-18-19(11-16)28-12-27-18/h5-11,13,15,20H,12H2,1-4H3,(H,23,26)(H,24,25)/t15-,20+/m1/s1. The van der Waals surface area contributed by atoms with Gasteiger partial charge in [-0.3, -0.25) is 9.59 Å². The zero-order valence-corrected chi connectivity index (χ0v) is 16.6. The predicted molar refractivity (Wildman–Crippen MR) is 106 cm³/mol. The zero-order chi connectivity index (χ0) is 20.3. The molecule has 1 aliphatic rings. The maximum Gasteiger partial charge on any atom is 0.251 e. The molecule has 0 saturated heterocycles. The Morgan fingerprint density at radius 2 is 1.71 bits per heavy atom. The molecule has 0 radical (unpaired) electrons. The number of rotatable bonds is 6. The van der Waals surface area contributed by atoms with Crippen LogP contribution in [0.3, 0.4) is 0 Å². The minimum absolute atomic E-state index is 0.0577. The Morgan fingerprint density at radius 1 is 0.964 bits per heavy atom. The second kappa shape index (κ2) is 8.33. The van der Waals surface area contributed by atoms with Gasteiger partial charge in [-0.15, -0.1) is 0 Å². The van der Waals surface area contributed by atoms with Crippen molar-refractivity contribution in [3.05, 3.63) is 59.2 Å². The summed E-state index contributed by atoms with van der Waals surface area (Å²) in [6.45, 7) is 7.85. The van der Waals surface area contributed by atoms with E-state index in [0.717, 1.165) is 11.1 Å². The first-order valence-corrected chi connectivity index (χ1v) is 9.42. The average molecular weight is 382 g/mol. The van der Waals surface area contributed by atoms with Gasteiger partial charge in [-0.25, -0.2) is 0 Å². The maximum atomic E-state index is 12.9. The van der Waals surface area contributed by atoms with E-state index < -0.39 is 6.04 Å². The van der Waals surface area contributed by atoms with Gasteiger partial charge in [-0.2, -0.15) is 0 Å². The van der Waals surface area contributed by atoms with Crippen LogP contribution in [-0.2, 0) is 4.79 Å². The molecule has 2 amide bonds. The molecule has 2 N–H and O–H groups in total. The number of nitrogens with one attached hydrogen (secondary N) is 2. The predicted octanol–water partition coefficient (Wildman–Crippen LogP) is 3.36. The molecule has 0 bridgehead atoms. The molecule has 2 atom stereocenters. The number of carbonyl (C=O) groups is 2. The molecule has 0 fully saturated rings. The molecule has 2 aromatic carbocycles. The Bertz CT molecular complexity index is 879. The van der Waals surface area contributed by atoms with Crippen molar-refractivity contribution in [2.24, 2.45) is 5.92 Å². The van der Waals surface area contributed by atoms with Crippen molar-refractivity contribution in [1.82, 2.24) is 10.6 Å². The van der Waals surface area contributed by atoms with Crippen molar-refractivity contribution in [3.63, 3.8) is 0 Å². The van der Waals surface area contributed by atoms with Gasteiger partial charge in [0.1, 0.15) is 6.04 Å². The lowest BCUT2D eigenvalue weighted by Gasteiger charge is -2.24. The van der Waals surface area contributed by atoms with Crippen molar-refractivity contribution in [2.75, 3.05) is 6.79 Å². The summed E-state index contributed by atoms with van der Waals surface area (Å²) in [7, 11) is 0. The second-order valence-corrected chi connectivity index (χ2v) is 7.41. The van der Waals surface area contributed by atoms with Crippen molar-refractivity contribution >= 4 is 11.8 Å². The van der Waals surface area contributed by atoms with E-state index in [1.165, 1.54) is 0 Å². The largest absolute Gasteiger partial charge is 0.454 e. The van der Waals surface area contributed by atoms with E-state index in [9.17, 15) is 9.59 Å². The first-order valence-electron chi connectivity index (χ1n) is 9.42. The van der Waals surface area contributed by atoms with Crippen LogP contribution in [0.4, 0.5) is 0 Å². The summed E-state index contributed by atoms with van der Waals surface area (Å²) < 4.78 is 10.7. The van der Waals surface area contributed by atoms with Crippen LogP contribution in [0.5, 0.6) is 11.5 Å².